The van der Waals surface area contributed by atoms with Crippen LogP contribution in [0, 0.1) is 11.8 Å². The Balaban J connectivity index is 1.81. The third kappa shape index (κ3) is 3.13. The van der Waals surface area contributed by atoms with E-state index in [2.05, 4.69) is 30.9 Å². The standard InChI is InChI=1S/C13H25NS/c1-10-4-3-5-13(11(10)2)14-12-6-8-15-9-7-12/h10-14H,3-9H2,1-2H3/t10-,11+,13+/m0/s1. The van der Waals surface area contributed by atoms with Crippen LogP contribution in [0.25, 0.3) is 0 Å². The van der Waals surface area contributed by atoms with E-state index in [1.54, 1.807) is 0 Å². The fourth-order valence-electron chi connectivity index (χ4n) is 2.98. The Morgan fingerprint density at radius 3 is 2.47 bits per heavy atom. The molecule has 3 atom stereocenters. The summed E-state index contributed by atoms with van der Waals surface area (Å²) in [5.74, 6) is 4.55. The number of rotatable bonds is 2. The molecule has 88 valence electrons. The van der Waals surface area contributed by atoms with Gasteiger partial charge in [-0.15, -0.1) is 0 Å². The molecule has 0 unspecified atom stereocenters. The highest BCUT2D eigenvalue weighted by Gasteiger charge is 2.28. The topological polar surface area (TPSA) is 12.0 Å². The normalized spacial score (nSPS) is 39.2. The Hall–Kier alpha value is 0.310. The highest BCUT2D eigenvalue weighted by Crippen LogP contribution is 2.30. The average molecular weight is 227 g/mol. The van der Waals surface area contributed by atoms with Crippen LogP contribution >= 0.6 is 11.8 Å². The minimum atomic E-state index is 0.807. The second-order valence-electron chi connectivity index (χ2n) is 5.43. The Labute approximate surface area is 98.8 Å². The van der Waals surface area contributed by atoms with Gasteiger partial charge in [-0.05, 0) is 42.6 Å². The maximum Gasteiger partial charge on any atom is 0.00978 e. The molecule has 15 heavy (non-hydrogen) atoms. The van der Waals surface area contributed by atoms with Crippen LogP contribution in [-0.4, -0.2) is 23.6 Å². The van der Waals surface area contributed by atoms with Gasteiger partial charge in [0.2, 0.25) is 0 Å². The van der Waals surface area contributed by atoms with Crippen LogP contribution in [0.3, 0.4) is 0 Å². The van der Waals surface area contributed by atoms with Crippen molar-refractivity contribution >= 4 is 11.8 Å². The predicted octanol–water partition coefficient (Wildman–Crippen LogP) is 3.30. The first-order chi connectivity index (χ1) is 7.27. The molecule has 2 heteroatoms. The average Bonchev–Trinajstić information content (AvgIpc) is 2.26. The molecule has 2 aliphatic rings. The minimum Gasteiger partial charge on any atom is -0.311 e. The number of hydrogen-bond acceptors (Lipinski definition) is 2. The largest absolute Gasteiger partial charge is 0.311 e. The molecule has 1 aliphatic carbocycles. The molecule has 0 radical (unpaired) electrons. The van der Waals surface area contributed by atoms with Crippen molar-refractivity contribution in [3.8, 4) is 0 Å². The Morgan fingerprint density at radius 2 is 1.73 bits per heavy atom. The molecule has 2 rings (SSSR count). The first-order valence-corrected chi connectivity index (χ1v) is 7.76. The minimum absolute atomic E-state index is 0.807. The lowest BCUT2D eigenvalue weighted by Gasteiger charge is -2.38. The molecular weight excluding hydrogens is 202 g/mol. The first kappa shape index (κ1) is 11.8. The second-order valence-corrected chi connectivity index (χ2v) is 6.65. The van der Waals surface area contributed by atoms with E-state index in [-0.39, 0.29) is 0 Å². The van der Waals surface area contributed by atoms with Gasteiger partial charge in [0.05, 0.1) is 0 Å². The molecule has 1 aliphatic heterocycles. The van der Waals surface area contributed by atoms with Crippen LogP contribution in [0.5, 0.6) is 0 Å². The van der Waals surface area contributed by atoms with Gasteiger partial charge in [-0.3, -0.25) is 0 Å². The van der Waals surface area contributed by atoms with E-state index in [1.165, 1.54) is 43.6 Å². The van der Waals surface area contributed by atoms with Crippen LogP contribution in [0.4, 0.5) is 0 Å². The van der Waals surface area contributed by atoms with Crippen molar-refractivity contribution in [3.63, 3.8) is 0 Å². The van der Waals surface area contributed by atoms with Crippen molar-refractivity contribution in [2.75, 3.05) is 11.5 Å². The van der Waals surface area contributed by atoms with E-state index in [1.807, 2.05) is 0 Å². The summed E-state index contributed by atoms with van der Waals surface area (Å²) in [5.41, 5.74) is 0. The first-order valence-electron chi connectivity index (χ1n) is 6.61. The van der Waals surface area contributed by atoms with E-state index < -0.39 is 0 Å². The lowest BCUT2D eigenvalue weighted by atomic mass is 9.77. The van der Waals surface area contributed by atoms with E-state index in [9.17, 15) is 0 Å². The van der Waals surface area contributed by atoms with Gasteiger partial charge in [0.25, 0.3) is 0 Å². The molecule has 0 aromatic rings. The monoisotopic (exact) mass is 227 g/mol. The summed E-state index contributed by atoms with van der Waals surface area (Å²) >= 11 is 2.12. The lowest BCUT2D eigenvalue weighted by molar-refractivity contribution is 0.191. The van der Waals surface area contributed by atoms with Gasteiger partial charge in [-0.2, -0.15) is 11.8 Å². The van der Waals surface area contributed by atoms with Crippen molar-refractivity contribution in [2.24, 2.45) is 11.8 Å². The van der Waals surface area contributed by atoms with Crippen LogP contribution in [0.2, 0.25) is 0 Å². The molecular formula is C13H25NS. The summed E-state index contributed by atoms with van der Waals surface area (Å²) in [5, 5.41) is 3.92. The highest BCUT2D eigenvalue weighted by atomic mass is 32.2. The fraction of sp³-hybridized carbons (Fsp3) is 1.00. The summed E-state index contributed by atoms with van der Waals surface area (Å²) in [6, 6.07) is 1.63. The van der Waals surface area contributed by atoms with Crippen molar-refractivity contribution in [3.05, 3.63) is 0 Å². The van der Waals surface area contributed by atoms with E-state index in [0.29, 0.717) is 0 Å². The summed E-state index contributed by atoms with van der Waals surface area (Å²) in [6.45, 7) is 4.87. The Bertz CT molecular complexity index is 189. The van der Waals surface area contributed by atoms with Gasteiger partial charge in [0, 0.05) is 12.1 Å². The molecule has 1 saturated heterocycles. The van der Waals surface area contributed by atoms with Gasteiger partial charge in [-0.1, -0.05) is 26.7 Å². The number of nitrogens with one attached hydrogen (secondary N) is 1. The second kappa shape index (κ2) is 5.58. The van der Waals surface area contributed by atoms with Crippen LogP contribution < -0.4 is 5.32 Å². The van der Waals surface area contributed by atoms with Crippen LogP contribution in [-0.2, 0) is 0 Å². The zero-order chi connectivity index (χ0) is 10.7. The fourth-order valence-corrected chi connectivity index (χ4v) is 4.09. The maximum absolute atomic E-state index is 3.92. The SMILES string of the molecule is C[C@@H]1[C@@H](C)CCC[C@H]1NC1CCSCC1. The number of hydrogen-bond donors (Lipinski definition) is 1. The van der Waals surface area contributed by atoms with Gasteiger partial charge in [0.15, 0.2) is 0 Å². The maximum atomic E-state index is 3.92. The van der Waals surface area contributed by atoms with E-state index in [0.717, 1.165) is 23.9 Å². The molecule has 0 aromatic heterocycles. The van der Waals surface area contributed by atoms with Gasteiger partial charge in [-0.25, -0.2) is 0 Å². The van der Waals surface area contributed by atoms with Crippen molar-refractivity contribution in [1.82, 2.24) is 5.32 Å². The lowest BCUT2D eigenvalue weighted by Crippen LogP contribution is -2.46. The van der Waals surface area contributed by atoms with Gasteiger partial charge >= 0.3 is 0 Å². The summed E-state index contributed by atoms with van der Waals surface area (Å²) in [7, 11) is 0. The summed E-state index contributed by atoms with van der Waals surface area (Å²) in [6.07, 6.45) is 7.07. The molecule has 1 nitrogen and oxygen atoms in total. The summed E-state index contributed by atoms with van der Waals surface area (Å²) in [4.78, 5) is 0. The molecule has 1 saturated carbocycles. The molecule has 0 spiro atoms. The smallest absolute Gasteiger partial charge is 0.00978 e. The quantitative estimate of drug-likeness (QED) is 0.777. The third-order valence-electron chi connectivity index (χ3n) is 4.38. The highest BCUT2D eigenvalue weighted by molar-refractivity contribution is 7.99. The van der Waals surface area contributed by atoms with E-state index >= 15 is 0 Å². The van der Waals surface area contributed by atoms with E-state index in [4.69, 9.17) is 0 Å². The van der Waals surface area contributed by atoms with Crippen molar-refractivity contribution < 1.29 is 0 Å². The van der Waals surface area contributed by atoms with Gasteiger partial charge < -0.3 is 5.32 Å². The van der Waals surface area contributed by atoms with Crippen LogP contribution in [0.1, 0.15) is 46.0 Å². The molecule has 1 N–H and O–H groups in total. The van der Waals surface area contributed by atoms with Crippen molar-refractivity contribution in [2.45, 2.75) is 58.0 Å². The number of thioether (sulfide) groups is 1. The molecule has 0 aromatic carbocycles. The summed E-state index contributed by atoms with van der Waals surface area (Å²) < 4.78 is 0. The molecule has 0 amide bonds. The molecule has 2 fully saturated rings. The predicted molar refractivity (Wildman–Crippen MR) is 69.4 cm³/mol. The zero-order valence-corrected chi connectivity index (χ0v) is 11.0. The Kier molecular flexibility index (Phi) is 4.39. The third-order valence-corrected chi connectivity index (χ3v) is 5.43. The van der Waals surface area contributed by atoms with Gasteiger partial charge in [0.1, 0.15) is 0 Å². The molecule has 1 heterocycles. The Morgan fingerprint density at radius 1 is 1.00 bits per heavy atom. The molecule has 0 bridgehead atoms. The zero-order valence-electron chi connectivity index (χ0n) is 10.2. The van der Waals surface area contributed by atoms with Crippen LogP contribution in [0.15, 0.2) is 0 Å². The van der Waals surface area contributed by atoms with Crippen molar-refractivity contribution in [1.29, 1.82) is 0 Å².